The van der Waals surface area contributed by atoms with Crippen LogP contribution in [0.1, 0.15) is 29.6 Å². The van der Waals surface area contributed by atoms with Gasteiger partial charge >= 0.3 is 5.97 Å². The number of rotatable bonds is 6. The molecule has 0 unspecified atom stereocenters. The Hall–Kier alpha value is -1.46. The fourth-order valence-electron chi connectivity index (χ4n) is 2.60. The van der Waals surface area contributed by atoms with Crippen molar-refractivity contribution in [3.05, 3.63) is 22.7 Å². The lowest BCUT2D eigenvalue weighted by atomic mass is 10.1. The van der Waals surface area contributed by atoms with E-state index in [4.69, 9.17) is 22.1 Å². The number of hydrogen-bond donors (Lipinski definition) is 2. The van der Waals surface area contributed by atoms with E-state index in [0.29, 0.717) is 22.0 Å². The lowest BCUT2D eigenvalue weighted by molar-refractivity contribution is 0.0602. The van der Waals surface area contributed by atoms with Gasteiger partial charge < -0.3 is 20.7 Å². The van der Waals surface area contributed by atoms with E-state index in [1.165, 1.54) is 33.0 Å². The number of nitrogens with one attached hydrogen (secondary N) is 1. The number of nitrogen functional groups attached to an aromatic ring is 1. The first-order valence-electron chi connectivity index (χ1n) is 7.25. The van der Waals surface area contributed by atoms with Crippen molar-refractivity contribution in [2.24, 2.45) is 0 Å². The first-order chi connectivity index (χ1) is 10.1. The highest BCUT2D eigenvalue weighted by Gasteiger charge is 2.16. The molecular formula is C15H22ClN3O2. The summed E-state index contributed by atoms with van der Waals surface area (Å²) in [4.78, 5) is 14.2. The van der Waals surface area contributed by atoms with Gasteiger partial charge in [-0.25, -0.2) is 4.79 Å². The van der Waals surface area contributed by atoms with Crippen LogP contribution in [-0.4, -0.2) is 44.2 Å². The van der Waals surface area contributed by atoms with Gasteiger partial charge in [-0.15, -0.1) is 0 Å². The molecule has 1 aromatic rings. The number of benzene rings is 1. The van der Waals surface area contributed by atoms with Crippen molar-refractivity contribution in [1.82, 2.24) is 4.90 Å². The van der Waals surface area contributed by atoms with Crippen LogP contribution in [0, 0.1) is 0 Å². The van der Waals surface area contributed by atoms with E-state index < -0.39 is 5.97 Å². The standard InChI is InChI=1S/C15H22ClN3O2/c1-21-15(20)12-9-11(17)10-13(16)14(12)18-5-4-8-19-6-2-3-7-19/h9-10,18H,2-8,17H2,1H3. The Bertz CT molecular complexity index is 502. The number of anilines is 2. The average molecular weight is 312 g/mol. The van der Waals surface area contributed by atoms with E-state index in [1.807, 2.05) is 0 Å². The molecule has 1 aliphatic heterocycles. The predicted molar refractivity (Wildman–Crippen MR) is 86.0 cm³/mol. The third-order valence-corrected chi connectivity index (χ3v) is 3.97. The molecule has 1 fully saturated rings. The molecule has 0 aromatic heterocycles. The number of nitrogens with two attached hydrogens (primary N) is 1. The van der Waals surface area contributed by atoms with Crippen LogP contribution >= 0.6 is 11.6 Å². The van der Waals surface area contributed by atoms with Crippen molar-refractivity contribution in [3.63, 3.8) is 0 Å². The molecule has 0 bridgehead atoms. The summed E-state index contributed by atoms with van der Waals surface area (Å²) in [6.45, 7) is 4.20. The first kappa shape index (κ1) is 15.9. The van der Waals surface area contributed by atoms with Crippen molar-refractivity contribution in [2.75, 3.05) is 44.3 Å². The fraction of sp³-hybridized carbons (Fsp3) is 0.533. The van der Waals surface area contributed by atoms with Gasteiger partial charge in [-0.1, -0.05) is 11.6 Å². The Labute approximate surface area is 130 Å². The summed E-state index contributed by atoms with van der Waals surface area (Å²) in [7, 11) is 1.34. The number of carbonyl (C=O) groups excluding carboxylic acids is 1. The lowest BCUT2D eigenvalue weighted by Gasteiger charge is -2.16. The number of esters is 1. The van der Waals surface area contributed by atoms with Crippen LogP contribution in [0.3, 0.4) is 0 Å². The second-order valence-electron chi connectivity index (χ2n) is 5.25. The lowest BCUT2D eigenvalue weighted by Crippen LogP contribution is -2.22. The Morgan fingerprint density at radius 1 is 1.43 bits per heavy atom. The molecule has 0 aliphatic carbocycles. The minimum atomic E-state index is -0.439. The molecule has 5 nitrogen and oxygen atoms in total. The molecule has 0 atom stereocenters. The molecule has 0 saturated carbocycles. The normalized spacial score (nSPS) is 15.1. The van der Waals surface area contributed by atoms with Crippen LogP contribution in [0.5, 0.6) is 0 Å². The van der Waals surface area contributed by atoms with E-state index in [-0.39, 0.29) is 0 Å². The van der Waals surface area contributed by atoms with Crippen molar-refractivity contribution in [2.45, 2.75) is 19.3 Å². The van der Waals surface area contributed by atoms with Gasteiger partial charge in [0.05, 0.1) is 23.4 Å². The van der Waals surface area contributed by atoms with Gasteiger partial charge in [-0.2, -0.15) is 0 Å². The smallest absolute Gasteiger partial charge is 0.340 e. The Kier molecular flexibility index (Phi) is 5.70. The number of hydrogen-bond acceptors (Lipinski definition) is 5. The topological polar surface area (TPSA) is 67.6 Å². The Balaban J connectivity index is 1.96. The summed E-state index contributed by atoms with van der Waals surface area (Å²) in [6, 6.07) is 3.22. The summed E-state index contributed by atoms with van der Waals surface area (Å²) in [5, 5.41) is 3.67. The van der Waals surface area contributed by atoms with E-state index in [0.717, 1.165) is 19.5 Å². The van der Waals surface area contributed by atoms with E-state index >= 15 is 0 Å². The number of likely N-dealkylation sites (tertiary alicyclic amines) is 1. The third kappa shape index (κ3) is 4.25. The highest BCUT2D eigenvalue weighted by molar-refractivity contribution is 6.34. The SMILES string of the molecule is COC(=O)c1cc(N)cc(Cl)c1NCCCN1CCCC1. The van der Waals surface area contributed by atoms with Crippen molar-refractivity contribution in [1.29, 1.82) is 0 Å². The maximum Gasteiger partial charge on any atom is 0.340 e. The first-order valence-corrected chi connectivity index (χ1v) is 7.63. The molecule has 1 aliphatic rings. The van der Waals surface area contributed by atoms with Gasteiger partial charge in [-0.3, -0.25) is 0 Å². The summed E-state index contributed by atoms with van der Waals surface area (Å²) >= 11 is 6.18. The molecule has 6 heteroatoms. The molecule has 1 aromatic carbocycles. The van der Waals surface area contributed by atoms with Gasteiger partial charge in [0.15, 0.2) is 0 Å². The maximum atomic E-state index is 11.8. The summed E-state index contributed by atoms with van der Waals surface area (Å²) in [5.41, 5.74) is 7.15. The molecule has 2 rings (SSSR count). The summed E-state index contributed by atoms with van der Waals surface area (Å²) < 4.78 is 4.77. The summed E-state index contributed by atoms with van der Waals surface area (Å²) in [6.07, 6.45) is 3.59. The van der Waals surface area contributed by atoms with Crippen molar-refractivity contribution in [3.8, 4) is 0 Å². The monoisotopic (exact) mass is 311 g/mol. The zero-order chi connectivity index (χ0) is 15.2. The summed E-state index contributed by atoms with van der Waals surface area (Å²) in [5.74, 6) is -0.439. The molecule has 116 valence electrons. The number of methoxy groups -OCH3 is 1. The molecule has 0 spiro atoms. The fourth-order valence-corrected chi connectivity index (χ4v) is 2.90. The number of nitrogens with zero attached hydrogens (tertiary/aromatic N) is 1. The molecule has 21 heavy (non-hydrogen) atoms. The largest absolute Gasteiger partial charge is 0.465 e. The van der Waals surface area contributed by atoms with Crippen LogP contribution in [0.25, 0.3) is 0 Å². The van der Waals surface area contributed by atoms with Crippen LogP contribution in [0.15, 0.2) is 12.1 Å². The van der Waals surface area contributed by atoms with Crippen molar-refractivity contribution >= 4 is 28.9 Å². The molecule has 1 heterocycles. The third-order valence-electron chi connectivity index (χ3n) is 3.67. The highest BCUT2D eigenvalue weighted by atomic mass is 35.5. The quantitative estimate of drug-likeness (QED) is 0.480. The maximum absolute atomic E-state index is 11.8. The van der Waals surface area contributed by atoms with Gasteiger partial charge in [-0.05, 0) is 51.0 Å². The second-order valence-corrected chi connectivity index (χ2v) is 5.65. The number of carbonyl (C=O) groups is 1. The average Bonchev–Trinajstić information content (AvgIpc) is 2.97. The molecular weight excluding hydrogens is 290 g/mol. The molecule has 3 N–H and O–H groups in total. The minimum Gasteiger partial charge on any atom is -0.465 e. The minimum absolute atomic E-state index is 0.378. The van der Waals surface area contributed by atoms with Crippen LogP contribution in [0.4, 0.5) is 11.4 Å². The second kappa shape index (κ2) is 7.52. The van der Waals surface area contributed by atoms with Gasteiger partial charge in [0.25, 0.3) is 0 Å². The van der Waals surface area contributed by atoms with Crippen LogP contribution in [-0.2, 0) is 4.74 Å². The van der Waals surface area contributed by atoms with Gasteiger partial charge in [0.1, 0.15) is 0 Å². The predicted octanol–water partition coefficient (Wildman–Crippen LogP) is 2.61. The number of ether oxygens (including phenoxy) is 1. The van der Waals surface area contributed by atoms with E-state index in [9.17, 15) is 4.79 Å². The zero-order valence-corrected chi connectivity index (χ0v) is 13.1. The zero-order valence-electron chi connectivity index (χ0n) is 12.3. The van der Waals surface area contributed by atoms with Crippen LogP contribution in [0.2, 0.25) is 5.02 Å². The van der Waals surface area contributed by atoms with Crippen LogP contribution < -0.4 is 11.1 Å². The van der Waals surface area contributed by atoms with E-state index in [2.05, 4.69) is 10.2 Å². The molecule has 1 saturated heterocycles. The Morgan fingerprint density at radius 3 is 2.81 bits per heavy atom. The van der Waals surface area contributed by atoms with Crippen molar-refractivity contribution < 1.29 is 9.53 Å². The van der Waals surface area contributed by atoms with Gasteiger partial charge in [0, 0.05) is 12.2 Å². The van der Waals surface area contributed by atoms with Gasteiger partial charge in [0.2, 0.25) is 0 Å². The highest BCUT2D eigenvalue weighted by Crippen LogP contribution is 2.29. The number of halogens is 1. The molecule has 0 radical (unpaired) electrons. The molecule has 0 amide bonds. The van der Waals surface area contributed by atoms with E-state index in [1.54, 1.807) is 12.1 Å². The Morgan fingerprint density at radius 2 is 2.14 bits per heavy atom.